The van der Waals surface area contributed by atoms with E-state index in [0.29, 0.717) is 5.75 Å². The summed E-state index contributed by atoms with van der Waals surface area (Å²) in [4.78, 5) is 3.98. The Labute approximate surface area is 154 Å². The normalized spacial score (nSPS) is 11.8. The van der Waals surface area contributed by atoms with Gasteiger partial charge in [0.2, 0.25) is 11.0 Å². The van der Waals surface area contributed by atoms with Crippen LogP contribution in [-0.4, -0.2) is 42.9 Å². The fourth-order valence-corrected chi connectivity index (χ4v) is 3.48. The van der Waals surface area contributed by atoms with Crippen LogP contribution in [0.5, 0.6) is 5.75 Å². The Balaban J connectivity index is 2.40. The zero-order chi connectivity index (χ0) is 19.2. The highest BCUT2D eigenvalue weighted by Gasteiger charge is 2.20. The molecule has 2 aromatic carbocycles. The van der Waals surface area contributed by atoms with Crippen molar-refractivity contribution >= 4 is 43.3 Å². The molecule has 6 nitrogen and oxygen atoms in total. The van der Waals surface area contributed by atoms with Crippen LogP contribution < -0.4 is 18.6 Å². The molecule has 0 aliphatic rings. The number of hydrogen-bond acceptors (Lipinski definition) is 5. The second-order valence-corrected chi connectivity index (χ2v) is 8.47. The number of rotatable bonds is 4. The molecule has 0 saturated carbocycles. The molecule has 1 aromatic heterocycles. The van der Waals surface area contributed by atoms with E-state index in [-0.39, 0.29) is 0 Å². The molecule has 0 spiro atoms. The predicted octanol–water partition coefficient (Wildman–Crippen LogP) is 2.29. The maximum atomic E-state index is 11.7. The van der Waals surface area contributed by atoms with Gasteiger partial charge in [0.1, 0.15) is 7.05 Å². The minimum atomic E-state index is -3.63. The van der Waals surface area contributed by atoms with Gasteiger partial charge in [-0.1, -0.05) is 0 Å². The minimum absolute atomic E-state index is 0.336. The standard InChI is InChI=1S/C19H24N3O3S/c1-20(2)14-8-7-13-9-16-18(22(5)17(13)10-14)11-15(21(3)4)12-19(16)25-26(6,23)24/h7-12H,1-6H3/q+1. The zero-order valence-corrected chi connectivity index (χ0v) is 16.8. The van der Waals surface area contributed by atoms with Gasteiger partial charge in [0.15, 0.2) is 5.75 Å². The van der Waals surface area contributed by atoms with E-state index in [1.807, 2.05) is 64.4 Å². The summed E-state index contributed by atoms with van der Waals surface area (Å²) in [6.45, 7) is 0. The molecule has 0 aliphatic heterocycles. The highest BCUT2D eigenvalue weighted by Crippen LogP contribution is 2.33. The van der Waals surface area contributed by atoms with Crippen LogP contribution in [0.4, 0.5) is 11.4 Å². The van der Waals surface area contributed by atoms with E-state index in [9.17, 15) is 8.42 Å². The third-order valence-corrected chi connectivity index (χ3v) is 4.90. The van der Waals surface area contributed by atoms with Gasteiger partial charge in [0.05, 0.1) is 11.6 Å². The molecule has 0 bridgehead atoms. The van der Waals surface area contributed by atoms with Crippen LogP contribution in [0, 0.1) is 0 Å². The first kappa shape index (κ1) is 18.3. The molecule has 7 heteroatoms. The summed E-state index contributed by atoms with van der Waals surface area (Å²) < 4.78 is 30.9. The number of fused-ring (bicyclic) bond motifs is 2. The maximum absolute atomic E-state index is 11.7. The van der Waals surface area contributed by atoms with Gasteiger partial charge in [-0.15, -0.1) is 0 Å². The summed E-state index contributed by atoms with van der Waals surface area (Å²) >= 11 is 0. The lowest BCUT2D eigenvalue weighted by Crippen LogP contribution is -2.30. The summed E-state index contributed by atoms with van der Waals surface area (Å²) in [5.74, 6) is 0.336. The van der Waals surface area contributed by atoms with Crippen LogP contribution in [-0.2, 0) is 17.2 Å². The molecule has 3 aromatic rings. The zero-order valence-electron chi connectivity index (χ0n) is 15.9. The van der Waals surface area contributed by atoms with Gasteiger partial charge < -0.3 is 14.0 Å². The van der Waals surface area contributed by atoms with E-state index in [4.69, 9.17) is 4.18 Å². The Morgan fingerprint density at radius 3 is 2.08 bits per heavy atom. The molecule has 0 unspecified atom stereocenters. The Bertz CT molecular complexity index is 1110. The van der Waals surface area contributed by atoms with Crippen LogP contribution in [0.1, 0.15) is 0 Å². The van der Waals surface area contributed by atoms with Crippen molar-refractivity contribution in [1.82, 2.24) is 0 Å². The fourth-order valence-electron chi connectivity index (χ4n) is 3.02. The first-order chi connectivity index (χ1) is 12.1. The van der Waals surface area contributed by atoms with Crippen LogP contribution in [0.2, 0.25) is 0 Å². The van der Waals surface area contributed by atoms with Gasteiger partial charge in [-0.3, -0.25) is 0 Å². The lowest BCUT2D eigenvalue weighted by molar-refractivity contribution is -0.617. The van der Waals surface area contributed by atoms with E-state index in [1.54, 1.807) is 6.07 Å². The molecule has 26 heavy (non-hydrogen) atoms. The third-order valence-electron chi connectivity index (χ3n) is 4.42. The molecule has 0 fully saturated rings. The molecule has 0 radical (unpaired) electrons. The van der Waals surface area contributed by atoms with Crippen molar-refractivity contribution in [3.63, 3.8) is 0 Å². The second kappa shape index (κ2) is 6.32. The quantitative estimate of drug-likeness (QED) is 0.398. The van der Waals surface area contributed by atoms with Crippen molar-refractivity contribution in [2.24, 2.45) is 7.05 Å². The predicted molar refractivity (Wildman–Crippen MR) is 107 cm³/mol. The molecule has 0 atom stereocenters. The number of nitrogens with zero attached hydrogens (tertiary/aromatic N) is 3. The summed E-state index contributed by atoms with van der Waals surface area (Å²) in [5.41, 5.74) is 3.93. The summed E-state index contributed by atoms with van der Waals surface area (Å²) in [7, 11) is 6.19. The van der Waals surface area contributed by atoms with Crippen molar-refractivity contribution in [1.29, 1.82) is 0 Å². The molecule has 3 rings (SSSR count). The lowest BCUT2D eigenvalue weighted by Gasteiger charge is -2.16. The molecule has 0 aliphatic carbocycles. The number of aryl methyl sites for hydroxylation is 1. The Morgan fingerprint density at radius 1 is 0.885 bits per heavy atom. The number of aromatic nitrogens is 1. The molecule has 0 saturated heterocycles. The largest absolute Gasteiger partial charge is 0.382 e. The van der Waals surface area contributed by atoms with Crippen molar-refractivity contribution < 1.29 is 17.2 Å². The average Bonchev–Trinajstić information content (AvgIpc) is 2.53. The Morgan fingerprint density at radius 2 is 1.50 bits per heavy atom. The molecular weight excluding hydrogens is 350 g/mol. The number of anilines is 2. The second-order valence-electron chi connectivity index (χ2n) is 6.90. The molecule has 1 heterocycles. The van der Waals surface area contributed by atoms with Crippen LogP contribution in [0.3, 0.4) is 0 Å². The van der Waals surface area contributed by atoms with E-state index in [0.717, 1.165) is 39.4 Å². The van der Waals surface area contributed by atoms with Gasteiger partial charge in [0.25, 0.3) is 0 Å². The van der Waals surface area contributed by atoms with Gasteiger partial charge in [0, 0.05) is 63.2 Å². The van der Waals surface area contributed by atoms with Gasteiger partial charge in [-0.25, -0.2) is 0 Å². The van der Waals surface area contributed by atoms with Gasteiger partial charge in [-0.05, 0) is 18.2 Å². The topological polar surface area (TPSA) is 53.7 Å². The summed E-state index contributed by atoms with van der Waals surface area (Å²) in [6.07, 6.45) is 1.06. The third kappa shape index (κ3) is 3.39. The maximum Gasteiger partial charge on any atom is 0.306 e. The molecular formula is C19H24N3O3S+. The Hall–Kier alpha value is -2.54. The van der Waals surface area contributed by atoms with Crippen LogP contribution in [0.15, 0.2) is 36.4 Å². The SMILES string of the molecule is CN(C)c1ccc2cc3c(OS(C)(=O)=O)cc(N(C)C)cc3[n+](C)c2c1. The van der Waals surface area contributed by atoms with Crippen molar-refractivity contribution in [3.05, 3.63) is 36.4 Å². The van der Waals surface area contributed by atoms with Crippen molar-refractivity contribution in [2.45, 2.75) is 0 Å². The molecule has 138 valence electrons. The van der Waals surface area contributed by atoms with Crippen LogP contribution in [0.25, 0.3) is 21.8 Å². The first-order valence-electron chi connectivity index (χ1n) is 8.21. The average molecular weight is 374 g/mol. The highest BCUT2D eigenvalue weighted by atomic mass is 32.2. The van der Waals surface area contributed by atoms with E-state index < -0.39 is 10.1 Å². The highest BCUT2D eigenvalue weighted by molar-refractivity contribution is 7.86. The van der Waals surface area contributed by atoms with Crippen LogP contribution >= 0.6 is 0 Å². The molecule has 0 amide bonds. The van der Waals surface area contributed by atoms with E-state index in [2.05, 4.69) is 15.5 Å². The van der Waals surface area contributed by atoms with Gasteiger partial charge >= 0.3 is 10.1 Å². The Kier molecular flexibility index (Phi) is 4.44. The van der Waals surface area contributed by atoms with Gasteiger partial charge in [-0.2, -0.15) is 13.0 Å². The number of benzene rings is 2. The summed E-state index contributed by atoms with van der Waals surface area (Å²) in [6, 6.07) is 12.0. The monoisotopic (exact) mass is 374 g/mol. The minimum Gasteiger partial charge on any atom is -0.382 e. The lowest BCUT2D eigenvalue weighted by atomic mass is 10.1. The van der Waals surface area contributed by atoms with E-state index in [1.165, 1.54) is 0 Å². The summed E-state index contributed by atoms with van der Waals surface area (Å²) in [5, 5.41) is 1.77. The fraction of sp³-hybridized carbons (Fsp3) is 0.316. The first-order valence-corrected chi connectivity index (χ1v) is 10.0. The number of hydrogen-bond donors (Lipinski definition) is 0. The van der Waals surface area contributed by atoms with E-state index >= 15 is 0 Å². The smallest absolute Gasteiger partial charge is 0.306 e. The molecule has 0 N–H and O–H groups in total. The number of pyridine rings is 1. The van der Waals surface area contributed by atoms with Crippen molar-refractivity contribution in [2.75, 3.05) is 44.2 Å². The van der Waals surface area contributed by atoms with Crippen molar-refractivity contribution in [3.8, 4) is 5.75 Å².